The number of nitrogens with one attached hydrogen (secondary N) is 2. The summed E-state index contributed by atoms with van der Waals surface area (Å²) in [5.41, 5.74) is 0.785. The van der Waals surface area contributed by atoms with Gasteiger partial charge in [0.05, 0.1) is 23.2 Å². The van der Waals surface area contributed by atoms with E-state index >= 15 is 0 Å². The van der Waals surface area contributed by atoms with Crippen LogP contribution in [-0.4, -0.2) is 43.5 Å². The molecule has 0 radical (unpaired) electrons. The van der Waals surface area contributed by atoms with Crippen LogP contribution in [0.3, 0.4) is 0 Å². The lowest BCUT2D eigenvalue weighted by Crippen LogP contribution is -2.35. The molecule has 0 amide bonds. The van der Waals surface area contributed by atoms with Crippen LogP contribution in [0, 0.1) is 5.92 Å². The van der Waals surface area contributed by atoms with E-state index in [1.807, 2.05) is 12.1 Å². The lowest BCUT2D eigenvalue weighted by atomic mass is 10.0. The van der Waals surface area contributed by atoms with Crippen molar-refractivity contribution in [1.29, 1.82) is 0 Å². The zero-order valence-corrected chi connectivity index (χ0v) is 19.0. The van der Waals surface area contributed by atoms with Gasteiger partial charge in [0.25, 0.3) is 5.56 Å². The van der Waals surface area contributed by atoms with Crippen molar-refractivity contribution in [3.63, 3.8) is 0 Å². The van der Waals surface area contributed by atoms with Gasteiger partial charge in [-0.15, -0.1) is 0 Å². The SMILES string of the molecule is C[C@H](Nc1nccc(N(CC2CCCOC2)S(=O)[O-])n1)c1cc2cccc(Cl)c2[nH]c1=O. The number of nitrogens with zero attached hydrogens (tertiary/aromatic N) is 3. The van der Waals surface area contributed by atoms with Gasteiger partial charge in [-0.1, -0.05) is 23.7 Å². The first kappa shape index (κ1) is 22.7. The van der Waals surface area contributed by atoms with Crippen LogP contribution in [0.4, 0.5) is 11.8 Å². The van der Waals surface area contributed by atoms with Gasteiger partial charge < -0.3 is 19.6 Å². The fourth-order valence-electron chi connectivity index (χ4n) is 3.78. The van der Waals surface area contributed by atoms with Crippen molar-refractivity contribution in [2.24, 2.45) is 5.92 Å². The molecule has 9 nitrogen and oxygen atoms in total. The minimum Gasteiger partial charge on any atom is -0.755 e. The topological polar surface area (TPSA) is 123 Å². The normalized spacial score (nSPS) is 18.3. The second kappa shape index (κ2) is 9.95. The maximum Gasteiger partial charge on any atom is 0.253 e. The standard InChI is InChI=1S/C21H24ClN5O4S/c1-13(16-10-15-5-2-6-17(22)19(15)26-20(16)28)24-21-23-8-7-18(25-21)27(32(29)30)11-14-4-3-9-31-12-14/h2,5-8,10,13-14H,3-4,9,11-12H2,1H3,(H,26,28)(H,29,30)(H,23,24,25)/p-1/t13-,14?/m0/s1. The Morgan fingerprint density at radius 2 is 2.28 bits per heavy atom. The number of anilines is 2. The number of ether oxygens (including phenoxy) is 1. The highest BCUT2D eigenvalue weighted by atomic mass is 35.5. The highest BCUT2D eigenvalue weighted by Gasteiger charge is 2.20. The lowest BCUT2D eigenvalue weighted by Gasteiger charge is -2.31. The third-order valence-electron chi connectivity index (χ3n) is 5.42. The van der Waals surface area contributed by atoms with Crippen molar-refractivity contribution in [3.05, 3.63) is 57.5 Å². The number of aromatic nitrogens is 3. The fraction of sp³-hybridized carbons (Fsp3) is 0.381. The molecule has 1 fully saturated rings. The summed E-state index contributed by atoms with van der Waals surface area (Å²) >= 11 is 3.67. The van der Waals surface area contributed by atoms with Gasteiger partial charge in [-0.3, -0.25) is 13.3 Å². The Labute approximate surface area is 192 Å². The Hall–Kier alpha value is -2.53. The molecule has 3 atom stereocenters. The van der Waals surface area contributed by atoms with Crippen molar-refractivity contribution < 1.29 is 13.5 Å². The Morgan fingerprint density at radius 1 is 1.44 bits per heavy atom. The Kier molecular flexibility index (Phi) is 7.04. The summed E-state index contributed by atoms with van der Waals surface area (Å²) in [4.78, 5) is 24.0. The zero-order valence-electron chi connectivity index (χ0n) is 17.4. The number of benzene rings is 1. The summed E-state index contributed by atoms with van der Waals surface area (Å²) in [7, 11) is 0. The third kappa shape index (κ3) is 5.09. The number of hydrogen-bond acceptors (Lipinski definition) is 7. The third-order valence-corrected chi connectivity index (χ3v) is 6.44. The van der Waals surface area contributed by atoms with Gasteiger partial charge in [0.15, 0.2) is 0 Å². The van der Waals surface area contributed by atoms with Gasteiger partial charge in [-0.05, 0) is 31.9 Å². The fourth-order valence-corrected chi connectivity index (χ4v) is 4.60. The van der Waals surface area contributed by atoms with Crippen molar-refractivity contribution in [2.75, 3.05) is 29.4 Å². The summed E-state index contributed by atoms with van der Waals surface area (Å²) < 4.78 is 30.4. The Morgan fingerprint density at radius 3 is 3.03 bits per heavy atom. The van der Waals surface area contributed by atoms with Gasteiger partial charge in [0.2, 0.25) is 5.95 Å². The minimum atomic E-state index is -2.49. The first-order valence-corrected chi connectivity index (χ1v) is 11.7. The predicted molar refractivity (Wildman–Crippen MR) is 123 cm³/mol. The van der Waals surface area contributed by atoms with E-state index in [0.717, 1.165) is 18.2 Å². The summed E-state index contributed by atoms with van der Waals surface area (Å²) in [5.74, 6) is 0.582. The molecule has 0 aliphatic carbocycles. The highest BCUT2D eigenvalue weighted by Crippen LogP contribution is 2.24. The molecule has 2 aromatic heterocycles. The Bertz CT molecular complexity index is 1180. The monoisotopic (exact) mass is 476 g/mol. The quantitative estimate of drug-likeness (QED) is 0.502. The first-order chi connectivity index (χ1) is 15.4. The molecule has 1 aliphatic heterocycles. The molecule has 4 rings (SSSR count). The molecule has 1 aromatic carbocycles. The van der Waals surface area contributed by atoms with Crippen molar-refractivity contribution >= 4 is 45.5 Å². The minimum absolute atomic E-state index is 0.106. The first-order valence-electron chi connectivity index (χ1n) is 10.3. The van der Waals surface area contributed by atoms with Gasteiger partial charge in [-0.25, -0.2) is 4.98 Å². The van der Waals surface area contributed by atoms with Crippen LogP contribution in [0.2, 0.25) is 5.02 Å². The molecule has 3 aromatic rings. The highest BCUT2D eigenvalue weighted by molar-refractivity contribution is 7.80. The molecule has 11 heteroatoms. The molecular formula is C21H23ClN5O4S-. The maximum absolute atomic E-state index is 12.6. The van der Waals surface area contributed by atoms with E-state index in [1.54, 1.807) is 25.1 Å². The van der Waals surface area contributed by atoms with E-state index in [1.165, 1.54) is 10.5 Å². The second-order valence-electron chi connectivity index (χ2n) is 7.72. The molecule has 3 heterocycles. The van der Waals surface area contributed by atoms with Crippen LogP contribution in [0.15, 0.2) is 41.3 Å². The number of fused-ring (bicyclic) bond motifs is 1. The van der Waals surface area contributed by atoms with E-state index in [4.69, 9.17) is 16.3 Å². The van der Waals surface area contributed by atoms with Crippen molar-refractivity contribution in [1.82, 2.24) is 15.0 Å². The predicted octanol–water partition coefficient (Wildman–Crippen LogP) is 3.17. The molecule has 2 unspecified atom stereocenters. The number of halogens is 1. The van der Waals surface area contributed by atoms with Crippen LogP contribution in [0.1, 0.15) is 31.4 Å². The lowest BCUT2D eigenvalue weighted by molar-refractivity contribution is 0.0583. The van der Waals surface area contributed by atoms with Crippen molar-refractivity contribution in [3.8, 4) is 0 Å². The number of rotatable bonds is 7. The van der Waals surface area contributed by atoms with E-state index in [9.17, 15) is 13.6 Å². The van der Waals surface area contributed by atoms with Gasteiger partial charge >= 0.3 is 0 Å². The maximum atomic E-state index is 12.6. The molecule has 1 aliphatic rings. The van der Waals surface area contributed by atoms with E-state index in [-0.39, 0.29) is 29.8 Å². The molecule has 0 spiro atoms. The van der Waals surface area contributed by atoms with Gasteiger partial charge in [0, 0.05) is 53.5 Å². The largest absolute Gasteiger partial charge is 0.755 e. The van der Waals surface area contributed by atoms with E-state index in [0.29, 0.717) is 29.3 Å². The molecule has 1 saturated heterocycles. The van der Waals surface area contributed by atoms with Gasteiger partial charge in [-0.2, -0.15) is 4.98 Å². The van der Waals surface area contributed by atoms with Crippen LogP contribution in [0.25, 0.3) is 10.9 Å². The molecular weight excluding hydrogens is 454 g/mol. The molecule has 0 saturated carbocycles. The number of pyridine rings is 1. The summed E-state index contributed by atoms with van der Waals surface area (Å²) in [5, 5.41) is 4.36. The average Bonchev–Trinajstić information content (AvgIpc) is 2.78. The second-order valence-corrected chi connectivity index (χ2v) is 9.01. The molecule has 32 heavy (non-hydrogen) atoms. The summed E-state index contributed by atoms with van der Waals surface area (Å²) in [6.45, 7) is 3.32. The van der Waals surface area contributed by atoms with Crippen LogP contribution in [0.5, 0.6) is 0 Å². The zero-order chi connectivity index (χ0) is 22.7. The van der Waals surface area contributed by atoms with E-state index in [2.05, 4.69) is 20.3 Å². The van der Waals surface area contributed by atoms with Crippen LogP contribution >= 0.6 is 11.6 Å². The van der Waals surface area contributed by atoms with Gasteiger partial charge in [0.1, 0.15) is 5.82 Å². The number of hydrogen-bond donors (Lipinski definition) is 2. The molecule has 0 bridgehead atoms. The average molecular weight is 477 g/mol. The summed E-state index contributed by atoms with van der Waals surface area (Å²) in [6.07, 6.45) is 3.29. The van der Waals surface area contributed by atoms with Crippen LogP contribution in [-0.2, 0) is 16.0 Å². The number of H-pyrrole nitrogens is 1. The number of para-hydroxylation sites is 1. The van der Waals surface area contributed by atoms with Crippen molar-refractivity contribution in [2.45, 2.75) is 25.8 Å². The molecule has 170 valence electrons. The molecule has 2 N–H and O–H groups in total. The van der Waals surface area contributed by atoms with Crippen LogP contribution < -0.4 is 15.2 Å². The summed E-state index contributed by atoms with van der Waals surface area (Å²) in [6, 6.07) is 8.26. The Balaban J connectivity index is 1.55. The number of aromatic amines is 1. The smallest absolute Gasteiger partial charge is 0.253 e. The van der Waals surface area contributed by atoms with E-state index < -0.39 is 17.3 Å².